The van der Waals surface area contributed by atoms with Crippen molar-refractivity contribution in [1.29, 1.82) is 0 Å². The zero-order valence-electron chi connectivity index (χ0n) is 14.0. The van der Waals surface area contributed by atoms with Crippen molar-refractivity contribution in [2.45, 2.75) is 6.92 Å². The highest BCUT2D eigenvalue weighted by Gasteiger charge is 2.10. The highest BCUT2D eigenvalue weighted by molar-refractivity contribution is 6.36. The van der Waals surface area contributed by atoms with Crippen LogP contribution in [0, 0.1) is 0 Å². The van der Waals surface area contributed by atoms with Gasteiger partial charge in [-0.1, -0.05) is 77.8 Å². The highest BCUT2D eigenvalue weighted by Crippen LogP contribution is 2.21. The molecule has 3 aromatic carbocycles. The topological polar surface area (TPSA) is 41.5 Å². The number of halogens is 2. The van der Waals surface area contributed by atoms with E-state index in [1.165, 1.54) is 6.07 Å². The maximum atomic E-state index is 12.2. The van der Waals surface area contributed by atoms with E-state index in [0.29, 0.717) is 16.3 Å². The van der Waals surface area contributed by atoms with Gasteiger partial charge in [-0.2, -0.15) is 5.10 Å². The number of hydrogen-bond acceptors (Lipinski definition) is 2. The molecule has 3 rings (SSSR count). The quantitative estimate of drug-likeness (QED) is 0.448. The van der Waals surface area contributed by atoms with E-state index in [-0.39, 0.29) is 10.9 Å². The largest absolute Gasteiger partial charge is 0.272 e. The Labute approximate surface area is 162 Å². The normalized spacial score (nSPS) is 11.3. The van der Waals surface area contributed by atoms with Gasteiger partial charge in [0.25, 0.3) is 5.91 Å². The standard InChI is InChI=1S/C21H16Cl2N2O/c1-14(24-25-21(26)19-12-11-18(22)13-20(19)23)15-7-9-17(10-8-15)16-5-3-2-4-6-16/h2-13H,1H3,(H,25,26). The molecule has 0 unspecified atom stereocenters. The third-order valence-corrected chi connectivity index (χ3v) is 4.46. The third kappa shape index (κ3) is 4.31. The minimum atomic E-state index is -0.382. The van der Waals surface area contributed by atoms with Crippen molar-refractivity contribution in [3.8, 4) is 11.1 Å². The zero-order chi connectivity index (χ0) is 18.5. The molecule has 0 fully saturated rings. The number of nitrogens with zero attached hydrogens (tertiary/aromatic N) is 1. The van der Waals surface area contributed by atoms with Crippen LogP contribution < -0.4 is 5.43 Å². The predicted molar refractivity (Wildman–Crippen MR) is 108 cm³/mol. The molecule has 0 bridgehead atoms. The summed E-state index contributed by atoms with van der Waals surface area (Å²) < 4.78 is 0. The lowest BCUT2D eigenvalue weighted by atomic mass is 10.0. The summed E-state index contributed by atoms with van der Waals surface area (Å²) in [7, 11) is 0. The molecule has 26 heavy (non-hydrogen) atoms. The Hall–Kier alpha value is -2.62. The van der Waals surface area contributed by atoms with Crippen molar-refractivity contribution in [3.05, 3.63) is 94.0 Å². The third-order valence-electron chi connectivity index (χ3n) is 3.91. The Bertz CT molecular complexity index is 952. The van der Waals surface area contributed by atoms with Crippen LogP contribution in [0.3, 0.4) is 0 Å². The fourth-order valence-corrected chi connectivity index (χ4v) is 2.96. The van der Waals surface area contributed by atoms with Crippen LogP contribution in [0.1, 0.15) is 22.8 Å². The fourth-order valence-electron chi connectivity index (χ4n) is 2.47. The Morgan fingerprint density at radius 1 is 0.885 bits per heavy atom. The van der Waals surface area contributed by atoms with Gasteiger partial charge in [-0.05, 0) is 41.8 Å². The lowest BCUT2D eigenvalue weighted by molar-refractivity contribution is 0.0955. The number of hydrogen-bond donors (Lipinski definition) is 1. The molecule has 0 saturated heterocycles. The Morgan fingerprint density at radius 2 is 1.54 bits per heavy atom. The van der Waals surface area contributed by atoms with Crippen molar-refractivity contribution in [3.63, 3.8) is 0 Å². The first-order valence-corrected chi connectivity index (χ1v) is 8.76. The predicted octanol–water partition coefficient (Wildman–Crippen LogP) is 5.81. The van der Waals surface area contributed by atoms with Crippen molar-refractivity contribution in [1.82, 2.24) is 5.43 Å². The monoisotopic (exact) mass is 382 g/mol. The fraction of sp³-hybridized carbons (Fsp3) is 0.0476. The summed E-state index contributed by atoms with van der Waals surface area (Å²) in [6, 6.07) is 22.8. The molecule has 1 amide bonds. The average Bonchev–Trinajstić information content (AvgIpc) is 2.66. The maximum Gasteiger partial charge on any atom is 0.272 e. The first-order valence-electron chi connectivity index (χ1n) is 8.00. The minimum Gasteiger partial charge on any atom is -0.267 e. The van der Waals surface area contributed by atoms with E-state index < -0.39 is 0 Å². The number of carbonyl (C=O) groups is 1. The molecule has 0 heterocycles. The van der Waals surface area contributed by atoms with Crippen LogP contribution in [0.5, 0.6) is 0 Å². The molecule has 0 aliphatic carbocycles. The second kappa shape index (κ2) is 8.17. The molecular formula is C21H16Cl2N2O. The van der Waals surface area contributed by atoms with E-state index in [4.69, 9.17) is 23.2 Å². The minimum absolute atomic E-state index is 0.287. The molecule has 0 radical (unpaired) electrons. The van der Waals surface area contributed by atoms with Gasteiger partial charge in [-0.15, -0.1) is 0 Å². The van der Waals surface area contributed by atoms with E-state index in [1.54, 1.807) is 12.1 Å². The summed E-state index contributed by atoms with van der Waals surface area (Å²) in [5.74, 6) is -0.382. The maximum absolute atomic E-state index is 12.2. The van der Waals surface area contributed by atoms with Gasteiger partial charge in [0.15, 0.2) is 0 Å². The first-order chi connectivity index (χ1) is 12.5. The molecule has 0 saturated carbocycles. The summed E-state index contributed by atoms with van der Waals surface area (Å²) in [4.78, 5) is 12.2. The lowest BCUT2D eigenvalue weighted by Crippen LogP contribution is -2.19. The summed E-state index contributed by atoms with van der Waals surface area (Å²) in [5.41, 5.74) is 6.75. The molecule has 0 aliphatic rings. The van der Waals surface area contributed by atoms with Crippen molar-refractivity contribution < 1.29 is 4.79 Å². The van der Waals surface area contributed by atoms with Crippen molar-refractivity contribution in [2.75, 3.05) is 0 Å². The van der Waals surface area contributed by atoms with Gasteiger partial charge >= 0.3 is 0 Å². The van der Waals surface area contributed by atoms with Gasteiger partial charge < -0.3 is 0 Å². The summed E-state index contributed by atoms with van der Waals surface area (Å²) in [6.07, 6.45) is 0. The van der Waals surface area contributed by atoms with E-state index in [0.717, 1.165) is 16.7 Å². The summed E-state index contributed by atoms with van der Waals surface area (Å²) in [5, 5.41) is 4.93. The van der Waals surface area contributed by atoms with Gasteiger partial charge in [-0.25, -0.2) is 5.43 Å². The molecule has 3 nitrogen and oxygen atoms in total. The summed E-state index contributed by atoms with van der Waals surface area (Å²) >= 11 is 11.9. The smallest absolute Gasteiger partial charge is 0.267 e. The van der Waals surface area contributed by atoms with E-state index >= 15 is 0 Å². The molecule has 5 heteroatoms. The van der Waals surface area contributed by atoms with Crippen molar-refractivity contribution in [2.24, 2.45) is 5.10 Å². The second-order valence-electron chi connectivity index (χ2n) is 5.71. The molecule has 130 valence electrons. The van der Waals surface area contributed by atoms with Gasteiger partial charge in [0, 0.05) is 5.02 Å². The Morgan fingerprint density at radius 3 is 2.19 bits per heavy atom. The highest BCUT2D eigenvalue weighted by atomic mass is 35.5. The molecule has 0 atom stereocenters. The van der Waals surface area contributed by atoms with Crippen LogP contribution in [-0.2, 0) is 0 Å². The SMILES string of the molecule is CC(=NNC(=O)c1ccc(Cl)cc1Cl)c1ccc(-c2ccccc2)cc1. The van der Waals surface area contributed by atoms with Gasteiger partial charge in [0.05, 0.1) is 16.3 Å². The average molecular weight is 383 g/mol. The van der Waals surface area contributed by atoms with Gasteiger partial charge in [0.1, 0.15) is 0 Å². The number of hydrazone groups is 1. The number of amides is 1. The van der Waals surface area contributed by atoms with Crippen molar-refractivity contribution >= 4 is 34.8 Å². The second-order valence-corrected chi connectivity index (χ2v) is 6.55. The molecular weight excluding hydrogens is 367 g/mol. The van der Waals surface area contributed by atoms with E-state index in [2.05, 4.69) is 22.7 Å². The van der Waals surface area contributed by atoms with E-state index in [1.807, 2.05) is 49.4 Å². The molecule has 0 aliphatic heterocycles. The number of carbonyl (C=O) groups excluding carboxylic acids is 1. The molecule has 0 spiro atoms. The van der Waals surface area contributed by atoms with Crippen LogP contribution in [0.2, 0.25) is 10.0 Å². The van der Waals surface area contributed by atoms with E-state index in [9.17, 15) is 4.79 Å². The van der Waals surface area contributed by atoms with Gasteiger partial charge in [0.2, 0.25) is 0 Å². The van der Waals surface area contributed by atoms with Crippen LogP contribution >= 0.6 is 23.2 Å². The number of rotatable bonds is 4. The molecule has 0 aromatic heterocycles. The number of benzene rings is 3. The molecule has 3 aromatic rings. The van der Waals surface area contributed by atoms with Gasteiger partial charge in [-0.3, -0.25) is 4.79 Å². The molecule has 1 N–H and O–H groups in total. The lowest BCUT2D eigenvalue weighted by Gasteiger charge is -2.06. The Kier molecular flexibility index (Phi) is 5.71. The van der Waals surface area contributed by atoms with Crippen LogP contribution in [0.4, 0.5) is 0 Å². The first kappa shape index (κ1) is 18.2. The van der Waals surface area contributed by atoms with Crippen LogP contribution in [0.25, 0.3) is 11.1 Å². The Balaban J connectivity index is 1.72. The van der Waals surface area contributed by atoms with Crippen LogP contribution in [0.15, 0.2) is 77.9 Å². The number of nitrogens with one attached hydrogen (secondary N) is 1. The summed E-state index contributed by atoms with van der Waals surface area (Å²) in [6.45, 7) is 1.83. The zero-order valence-corrected chi connectivity index (χ0v) is 15.6. The van der Waals surface area contributed by atoms with Crippen LogP contribution in [-0.4, -0.2) is 11.6 Å².